The molecule has 2 amide bonds. The molecule has 1 spiro atoms. The molecule has 3 rings (SSSR count). The quantitative estimate of drug-likeness (QED) is 0.756. The maximum atomic E-state index is 13.0. The highest BCUT2D eigenvalue weighted by Crippen LogP contribution is 2.39. The van der Waals surface area contributed by atoms with Crippen molar-refractivity contribution in [3.05, 3.63) is 17.3 Å². The number of likely N-dealkylation sites (tertiary alicyclic amines) is 2. The minimum absolute atomic E-state index is 0.200. The zero-order valence-corrected chi connectivity index (χ0v) is 16.1. The van der Waals surface area contributed by atoms with Gasteiger partial charge >= 0.3 is 12.3 Å². The molecule has 0 aliphatic carbocycles. The van der Waals surface area contributed by atoms with Gasteiger partial charge in [-0.2, -0.15) is 13.2 Å². The Balaban J connectivity index is 1.66. The van der Waals surface area contributed by atoms with E-state index in [0.29, 0.717) is 36.7 Å². The van der Waals surface area contributed by atoms with Gasteiger partial charge in [0.05, 0.1) is 0 Å². The molecule has 156 valence electrons. The van der Waals surface area contributed by atoms with Crippen LogP contribution in [0.3, 0.4) is 0 Å². The van der Waals surface area contributed by atoms with E-state index in [1.165, 1.54) is 4.90 Å². The highest BCUT2D eigenvalue weighted by atomic mass is 19.4. The maximum Gasteiger partial charge on any atom is 0.425 e. The molecule has 1 unspecified atom stereocenters. The summed E-state index contributed by atoms with van der Waals surface area (Å²) in [6, 6.07) is 0. The minimum atomic E-state index is -4.59. The Kier molecular flexibility index (Phi) is 5.33. The standard InChI is InChI=1S/C18H24F3N3O4/c1-11-14(22-13(3)27-11)15(25)24-8-4-5-17(24)6-9-23(10-7-17)16(26)28-12(2)18(19,20)21/h12H,4-10H2,1-3H3. The van der Waals surface area contributed by atoms with Crippen LogP contribution in [0.4, 0.5) is 18.0 Å². The van der Waals surface area contributed by atoms with Gasteiger partial charge in [0.15, 0.2) is 17.7 Å². The van der Waals surface area contributed by atoms with Crippen LogP contribution in [0, 0.1) is 13.8 Å². The molecule has 0 N–H and O–H groups in total. The Labute approximate surface area is 160 Å². The third-order valence-corrected chi connectivity index (χ3v) is 5.64. The summed E-state index contributed by atoms with van der Waals surface area (Å²) in [4.78, 5) is 32.3. The lowest BCUT2D eigenvalue weighted by Gasteiger charge is -2.44. The highest BCUT2D eigenvalue weighted by molar-refractivity contribution is 5.94. The Morgan fingerprint density at radius 2 is 1.82 bits per heavy atom. The Bertz CT molecular complexity index is 754. The molecule has 1 atom stereocenters. The molecule has 0 saturated carbocycles. The Morgan fingerprint density at radius 1 is 1.18 bits per heavy atom. The number of hydrogen-bond acceptors (Lipinski definition) is 5. The summed E-state index contributed by atoms with van der Waals surface area (Å²) in [6.07, 6.45) is -5.12. The number of oxazole rings is 1. The molecule has 10 heteroatoms. The number of rotatable bonds is 2. The SMILES string of the molecule is Cc1nc(C(=O)N2CCCC23CCN(C(=O)OC(C)C(F)(F)F)CC3)c(C)o1. The van der Waals surface area contributed by atoms with Gasteiger partial charge in [0.2, 0.25) is 0 Å². The van der Waals surface area contributed by atoms with Gasteiger partial charge in [0.25, 0.3) is 5.91 Å². The Hall–Kier alpha value is -2.26. The van der Waals surface area contributed by atoms with Gasteiger partial charge < -0.3 is 19.0 Å². The average Bonchev–Trinajstić information content (AvgIpc) is 3.17. The number of amides is 2. The largest absolute Gasteiger partial charge is 0.445 e. The summed E-state index contributed by atoms with van der Waals surface area (Å²) in [7, 11) is 0. The number of halogens is 3. The van der Waals surface area contributed by atoms with Crippen molar-refractivity contribution in [1.82, 2.24) is 14.8 Å². The lowest BCUT2D eigenvalue weighted by Crippen LogP contribution is -2.55. The smallest absolute Gasteiger partial charge is 0.425 e. The van der Waals surface area contributed by atoms with Crippen molar-refractivity contribution in [1.29, 1.82) is 0 Å². The first kappa shape index (κ1) is 20.5. The van der Waals surface area contributed by atoms with Crippen LogP contribution in [0.1, 0.15) is 54.7 Å². The molecule has 0 radical (unpaired) electrons. The van der Waals surface area contributed by atoms with Crippen LogP contribution in [-0.2, 0) is 4.74 Å². The number of alkyl halides is 3. The molecule has 0 aromatic carbocycles. The second kappa shape index (κ2) is 7.29. The van der Waals surface area contributed by atoms with E-state index in [0.717, 1.165) is 19.8 Å². The monoisotopic (exact) mass is 403 g/mol. The Morgan fingerprint density at radius 3 is 2.36 bits per heavy atom. The third-order valence-electron chi connectivity index (χ3n) is 5.64. The molecule has 2 aliphatic heterocycles. The van der Waals surface area contributed by atoms with Gasteiger partial charge in [0.1, 0.15) is 5.76 Å². The normalized spacial score (nSPS) is 20.5. The fourth-order valence-corrected chi connectivity index (χ4v) is 4.03. The molecular weight excluding hydrogens is 379 g/mol. The number of nitrogens with zero attached hydrogens (tertiary/aromatic N) is 3. The van der Waals surface area contributed by atoms with E-state index < -0.39 is 23.9 Å². The van der Waals surface area contributed by atoms with E-state index in [1.54, 1.807) is 18.7 Å². The van der Waals surface area contributed by atoms with Crippen LogP contribution in [0.2, 0.25) is 0 Å². The number of aryl methyl sites for hydroxylation is 2. The van der Waals surface area contributed by atoms with Crippen molar-refractivity contribution in [3.63, 3.8) is 0 Å². The van der Waals surface area contributed by atoms with Crippen molar-refractivity contribution in [2.24, 2.45) is 0 Å². The predicted octanol–water partition coefficient (Wildman–Crippen LogP) is 3.45. The summed E-state index contributed by atoms with van der Waals surface area (Å²) in [6.45, 7) is 5.24. The predicted molar refractivity (Wildman–Crippen MR) is 91.8 cm³/mol. The van der Waals surface area contributed by atoms with Crippen LogP contribution >= 0.6 is 0 Å². The second-order valence-corrected chi connectivity index (χ2v) is 7.48. The van der Waals surface area contributed by atoms with Crippen LogP contribution in [0.5, 0.6) is 0 Å². The molecule has 28 heavy (non-hydrogen) atoms. The molecule has 2 aliphatic rings. The number of carbonyl (C=O) groups excluding carboxylic acids is 2. The summed E-state index contributed by atoms with van der Waals surface area (Å²) >= 11 is 0. The molecule has 3 heterocycles. The van der Waals surface area contributed by atoms with Crippen LogP contribution < -0.4 is 0 Å². The van der Waals surface area contributed by atoms with Gasteiger partial charge in [-0.3, -0.25) is 4.79 Å². The fourth-order valence-electron chi connectivity index (χ4n) is 4.03. The maximum absolute atomic E-state index is 13.0. The molecule has 2 saturated heterocycles. The molecule has 0 bridgehead atoms. The molecule has 2 fully saturated rings. The average molecular weight is 403 g/mol. The third kappa shape index (κ3) is 3.81. The lowest BCUT2D eigenvalue weighted by molar-refractivity contribution is -0.200. The van der Waals surface area contributed by atoms with E-state index in [1.807, 2.05) is 0 Å². The zero-order valence-electron chi connectivity index (χ0n) is 16.1. The van der Waals surface area contributed by atoms with E-state index in [2.05, 4.69) is 9.72 Å². The van der Waals surface area contributed by atoms with Gasteiger partial charge in [-0.05, 0) is 39.5 Å². The molecule has 1 aromatic heterocycles. The number of ether oxygens (including phenoxy) is 1. The summed E-state index contributed by atoms with van der Waals surface area (Å²) < 4.78 is 47.7. The topological polar surface area (TPSA) is 75.9 Å². The van der Waals surface area contributed by atoms with E-state index >= 15 is 0 Å². The van der Waals surface area contributed by atoms with Gasteiger partial charge in [-0.15, -0.1) is 0 Å². The first-order chi connectivity index (χ1) is 13.0. The second-order valence-electron chi connectivity index (χ2n) is 7.48. The summed E-state index contributed by atoms with van der Waals surface area (Å²) in [5, 5.41) is 0. The zero-order chi connectivity index (χ0) is 20.7. The van der Waals surface area contributed by atoms with Crippen molar-refractivity contribution in [2.45, 2.75) is 64.3 Å². The number of carbonyl (C=O) groups is 2. The summed E-state index contributed by atoms with van der Waals surface area (Å²) in [5.74, 6) is 0.686. The van der Waals surface area contributed by atoms with Gasteiger partial charge in [-0.1, -0.05) is 0 Å². The number of piperidine rings is 1. The van der Waals surface area contributed by atoms with Gasteiger partial charge in [-0.25, -0.2) is 9.78 Å². The first-order valence-electron chi connectivity index (χ1n) is 9.32. The van der Waals surface area contributed by atoms with Crippen molar-refractivity contribution in [3.8, 4) is 0 Å². The molecule has 1 aromatic rings. The van der Waals surface area contributed by atoms with E-state index in [9.17, 15) is 22.8 Å². The van der Waals surface area contributed by atoms with Crippen LogP contribution in [-0.4, -0.2) is 64.2 Å². The lowest BCUT2D eigenvalue weighted by atomic mass is 9.85. The van der Waals surface area contributed by atoms with Crippen LogP contribution in [0.15, 0.2) is 4.42 Å². The minimum Gasteiger partial charge on any atom is -0.445 e. The van der Waals surface area contributed by atoms with E-state index in [-0.39, 0.29) is 19.0 Å². The summed E-state index contributed by atoms with van der Waals surface area (Å²) in [5.41, 5.74) is -0.123. The molecular formula is C18H24F3N3O4. The van der Waals surface area contributed by atoms with E-state index in [4.69, 9.17) is 4.42 Å². The number of hydrogen-bond donors (Lipinski definition) is 0. The number of aromatic nitrogens is 1. The van der Waals surface area contributed by atoms with Crippen molar-refractivity contribution >= 4 is 12.0 Å². The highest BCUT2D eigenvalue weighted by Gasteiger charge is 2.48. The first-order valence-corrected chi connectivity index (χ1v) is 9.32. The molecule has 7 nitrogen and oxygen atoms in total. The fraction of sp³-hybridized carbons (Fsp3) is 0.722. The van der Waals surface area contributed by atoms with Gasteiger partial charge in [0, 0.05) is 32.1 Å². The van der Waals surface area contributed by atoms with Crippen molar-refractivity contribution < 1.29 is 31.9 Å². The van der Waals surface area contributed by atoms with Crippen molar-refractivity contribution in [2.75, 3.05) is 19.6 Å². The van der Waals surface area contributed by atoms with Crippen LogP contribution in [0.25, 0.3) is 0 Å².